The van der Waals surface area contributed by atoms with Gasteiger partial charge in [-0.3, -0.25) is 9.69 Å². The molecular formula is C21H23N3O2S. The van der Waals surface area contributed by atoms with Crippen LogP contribution in [0.15, 0.2) is 52.4 Å². The Labute approximate surface area is 163 Å². The minimum Gasteiger partial charge on any atom is -0.355 e. The van der Waals surface area contributed by atoms with E-state index in [4.69, 9.17) is 4.52 Å². The predicted octanol–water partition coefficient (Wildman–Crippen LogP) is 4.28. The van der Waals surface area contributed by atoms with Gasteiger partial charge in [0, 0.05) is 12.6 Å². The van der Waals surface area contributed by atoms with Gasteiger partial charge < -0.3 is 9.84 Å². The number of nitrogens with zero attached hydrogens (tertiary/aromatic N) is 2. The summed E-state index contributed by atoms with van der Waals surface area (Å²) in [5.41, 5.74) is 2.80. The maximum atomic E-state index is 12.6. The van der Waals surface area contributed by atoms with Crippen molar-refractivity contribution < 1.29 is 9.32 Å². The van der Waals surface area contributed by atoms with Gasteiger partial charge in [-0.05, 0) is 49.9 Å². The molecule has 6 heteroatoms. The molecule has 5 nitrogen and oxygen atoms in total. The van der Waals surface area contributed by atoms with E-state index in [0.29, 0.717) is 18.0 Å². The van der Waals surface area contributed by atoms with Crippen molar-refractivity contribution in [3.05, 3.63) is 64.7 Å². The van der Waals surface area contributed by atoms with E-state index < -0.39 is 0 Å². The van der Waals surface area contributed by atoms with Crippen molar-refractivity contribution in [1.29, 1.82) is 0 Å². The summed E-state index contributed by atoms with van der Waals surface area (Å²) in [5, 5.41) is 8.96. The summed E-state index contributed by atoms with van der Waals surface area (Å²) >= 11 is 1.56. The van der Waals surface area contributed by atoms with Crippen LogP contribution in [0.3, 0.4) is 0 Å². The number of thiophene rings is 1. The molecule has 0 radical (unpaired) electrons. The van der Waals surface area contributed by atoms with Crippen LogP contribution in [-0.4, -0.2) is 35.6 Å². The summed E-state index contributed by atoms with van der Waals surface area (Å²) in [4.78, 5) is 16.0. The third-order valence-electron chi connectivity index (χ3n) is 5.01. The van der Waals surface area contributed by atoms with Gasteiger partial charge in [0.05, 0.1) is 10.9 Å². The third-order valence-corrected chi connectivity index (χ3v) is 5.89. The van der Waals surface area contributed by atoms with Gasteiger partial charge in [-0.25, -0.2) is 0 Å². The largest absolute Gasteiger partial charge is 0.355 e. The van der Waals surface area contributed by atoms with Crippen LogP contribution in [0.25, 0.3) is 10.6 Å². The van der Waals surface area contributed by atoms with Crippen LogP contribution in [0, 0.1) is 6.92 Å². The molecule has 27 heavy (non-hydrogen) atoms. The lowest BCUT2D eigenvalue weighted by Gasteiger charge is -2.28. The molecule has 140 valence electrons. The molecule has 0 aliphatic carbocycles. The first-order valence-corrected chi connectivity index (χ1v) is 10.2. The van der Waals surface area contributed by atoms with Crippen LogP contribution in [0.5, 0.6) is 0 Å². The highest BCUT2D eigenvalue weighted by atomic mass is 32.1. The van der Waals surface area contributed by atoms with Crippen molar-refractivity contribution in [2.45, 2.75) is 25.8 Å². The summed E-state index contributed by atoms with van der Waals surface area (Å²) in [5.74, 6) is 0.433. The predicted molar refractivity (Wildman–Crippen MR) is 107 cm³/mol. The molecule has 1 saturated heterocycles. The zero-order valence-corrected chi connectivity index (χ0v) is 16.2. The van der Waals surface area contributed by atoms with Gasteiger partial charge in [-0.1, -0.05) is 41.1 Å². The van der Waals surface area contributed by atoms with E-state index in [-0.39, 0.29) is 11.9 Å². The molecule has 1 aromatic carbocycles. The Bertz CT molecular complexity index is 881. The second-order valence-corrected chi connectivity index (χ2v) is 7.88. The zero-order valence-electron chi connectivity index (χ0n) is 15.4. The van der Waals surface area contributed by atoms with E-state index in [0.717, 1.165) is 18.0 Å². The molecule has 1 aliphatic rings. The van der Waals surface area contributed by atoms with Gasteiger partial charge in [-0.15, -0.1) is 11.3 Å². The summed E-state index contributed by atoms with van der Waals surface area (Å²) in [7, 11) is 0. The van der Waals surface area contributed by atoms with Gasteiger partial charge in [0.25, 0.3) is 5.91 Å². The quantitative estimate of drug-likeness (QED) is 0.692. The minimum absolute atomic E-state index is 0.181. The fourth-order valence-corrected chi connectivity index (χ4v) is 4.17. The second-order valence-electron chi connectivity index (χ2n) is 6.93. The van der Waals surface area contributed by atoms with Crippen molar-refractivity contribution in [3.8, 4) is 10.6 Å². The van der Waals surface area contributed by atoms with Gasteiger partial charge in [-0.2, -0.15) is 0 Å². The van der Waals surface area contributed by atoms with Crippen molar-refractivity contribution in [2.24, 2.45) is 0 Å². The molecule has 0 unspecified atom stereocenters. The first-order valence-electron chi connectivity index (χ1n) is 9.30. The molecule has 1 N–H and O–H groups in total. The van der Waals surface area contributed by atoms with Gasteiger partial charge in [0.15, 0.2) is 11.5 Å². The molecule has 1 atom stereocenters. The van der Waals surface area contributed by atoms with Gasteiger partial charge >= 0.3 is 0 Å². The molecule has 1 fully saturated rings. The highest BCUT2D eigenvalue weighted by Crippen LogP contribution is 2.26. The van der Waals surface area contributed by atoms with Crippen LogP contribution < -0.4 is 5.32 Å². The van der Waals surface area contributed by atoms with Gasteiger partial charge in [0.2, 0.25) is 0 Å². The Morgan fingerprint density at radius 1 is 1.26 bits per heavy atom. The van der Waals surface area contributed by atoms with E-state index >= 15 is 0 Å². The number of amides is 1. The first-order chi connectivity index (χ1) is 13.2. The Balaban J connectivity index is 1.45. The summed E-state index contributed by atoms with van der Waals surface area (Å²) < 4.78 is 5.32. The average molecular weight is 382 g/mol. The number of benzene rings is 1. The van der Waals surface area contributed by atoms with Crippen molar-refractivity contribution in [2.75, 3.05) is 19.6 Å². The first kappa shape index (κ1) is 17.9. The monoisotopic (exact) mass is 381 g/mol. The number of hydrogen-bond acceptors (Lipinski definition) is 5. The van der Waals surface area contributed by atoms with Crippen LogP contribution in [-0.2, 0) is 0 Å². The van der Waals surface area contributed by atoms with Crippen LogP contribution in [0.2, 0.25) is 0 Å². The van der Waals surface area contributed by atoms with Crippen LogP contribution in [0.1, 0.15) is 40.5 Å². The SMILES string of the molecule is Cc1ccc([C@@H](CNC(=O)c2cc(-c3cccs3)on2)N2CCCC2)cc1. The van der Waals surface area contributed by atoms with Crippen LogP contribution in [0.4, 0.5) is 0 Å². The van der Waals surface area contributed by atoms with E-state index in [9.17, 15) is 4.79 Å². The number of likely N-dealkylation sites (tertiary alicyclic amines) is 1. The Hall–Kier alpha value is -2.44. The van der Waals surface area contributed by atoms with E-state index in [2.05, 4.69) is 46.6 Å². The summed E-state index contributed by atoms with van der Waals surface area (Å²) in [6.45, 7) is 4.79. The normalized spacial score (nSPS) is 15.7. The molecule has 0 saturated carbocycles. The lowest BCUT2D eigenvalue weighted by atomic mass is 10.0. The lowest BCUT2D eigenvalue weighted by Crippen LogP contribution is -2.36. The molecule has 2 aromatic heterocycles. The lowest BCUT2D eigenvalue weighted by molar-refractivity contribution is 0.0929. The maximum Gasteiger partial charge on any atom is 0.273 e. The number of aromatic nitrogens is 1. The fourth-order valence-electron chi connectivity index (χ4n) is 3.50. The molecule has 1 aliphatic heterocycles. The molecule has 1 amide bonds. The smallest absolute Gasteiger partial charge is 0.273 e. The third kappa shape index (κ3) is 4.12. The van der Waals surface area contributed by atoms with Crippen molar-refractivity contribution in [3.63, 3.8) is 0 Å². The Morgan fingerprint density at radius 3 is 2.74 bits per heavy atom. The fraction of sp³-hybridized carbons (Fsp3) is 0.333. The number of carbonyl (C=O) groups excluding carboxylic acids is 1. The number of aryl methyl sites for hydroxylation is 1. The Morgan fingerprint density at radius 2 is 2.04 bits per heavy atom. The molecule has 0 bridgehead atoms. The summed E-state index contributed by atoms with van der Waals surface area (Å²) in [6.07, 6.45) is 2.42. The van der Waals surface area contributed by atoms with Crippen molar-refractivity contribution in [1.82, 2.24) is 15.4 Å². The number of hydrogen-bond donors (Lipinski definition) is 1. The highest BCUT2D eigenvalue weighted by molar-refractivity contribution is 7.13. The molecule has 3 aromatic rings. The average Bonchev–Trinajstić information content (AvgIpc) is 3.44. The second kappa shape index (κ2) is 8.06. The summed E-state index contributed by atoms with van der Waals surface area (Å²) in [6, 6.07) is 14.4. The van der Waals surface area contributed by atoms with E-state index in [1.54, 1.807) is 17.4 Å². The minimum atomic E-state index is -0.196. The number of rotatable bonds is 6. The number of carbonyl (C=O) groups is 1. The van der Waals surface area contributed by atoms with Crippen LogP contribution >= 0.6 is 11.3 Å². The topological polar surface area (TPSA) is 58.4 Å². The molecule has 3 heterocycles. The van der Waals surface area contributed by atoms with Crippen molar-refractivity contribution >= 4 is 17.2 Å². The molecule has 4 rings (SSSR count). The highest BCUT2D eigenvalue weighted by Gasteiger charge is 2.24. The van der Waals surface area contributed by atoms with Gasteiger partial charge in [0.1, 0.15) is 0 Å². The molecule has 0 spiro atoms. The number of nitrogens with one attached hydrogen (secondary N) is 1. The van der Waals surface area contributed by atoms with E-state index in [1.165, 1.54) is 24.0 Å². The van der Waals surface area contributed by atoms with E-state index in [1.807, 2.05) is 17.5 Å². The maximum absolute atomic E-state index is 12.6. The standard InChI is InChI=1S/C21H23N3O2S/c1-15-6-8-16(9-7-15)18(24-10-2-3-11-24)14-22-21(25)17-13-19(26-23-17)20-5-4-12-27-20/h4-9,12-13,18H,2-3,10-11,14H2,1H3,(H,22,25)/t18-/m1/s1. The molecular weight excluding hydrogens is 358 g/mol. The Kier molecular flexibility index (Phi) is 5.36. The zero-order chi connectivity index (χ0) is 18.6.